The highest BCUT2D eigenvalue weighted by molar-refractivity contribution is 5.89. The SMILES string of the molecule is CC#CC1(C)OC(=O)Nc2ccccc21. The number of nitrogens with one attached hydrogen (secondary N) is 1. The Bertz CT molecular complexity index is 470. The van der Waals surface area contributed by atoms with E-state index in [0.29, 0.717) is 0 Å². The Kier molecular flexibility index (Phi) is 2.12. The molecule has 3 heteroatoms. The van der Waals surface area contributed by atoms with Gasteiger partial charge in [0.25, 0.3) is 0 Å². The summed E-state index contributed by atoms with van der Waals surface area (Å²) in [5.74, 6) is 5.70. The second kappa shape index (κ2) is 3.32. The van der Waals surface area contributed by atoms with Crippen LogP contribution in [0.1, 0.15) is 19.4 Å². The fourth-order valence-electron chi connectivity index (χ4n) is 1.72. The van der Waals surface area contributed by atoms with Crippen molar-refractivity contribution in [2.45, 2.75) is 19.4 Å². The molecule has 15 heavy (non-hydrogen) atoms. The van der Waals surface area contributed by atoms with Crippen LogP contribution in [-0.2, 0) is 10.3 Å². The first-order chi connectivity index (χ1) is 7.15. The van der Waals surface area contributed by atoms with Crippen molar-refractivity contribution in [2.24, 2.45) is 0 Å². The zero-order valence-corrected chi connectivity index (χ0v) is 8.63. The number of fused-ring (bicyclic) bond motifs is 1. The molecule has 0 saturated heterocycles. The van der Waals surface area contributed by atoms with Crippen molar-refractivity contribution in [3.05, 3.63) is 29.8 Å². The lowest BCUT2D eigenvalue weighted by Gasteiger charge is -2.31. The maximum Gasteiger partial charge on any atom is 0.413 e. The molecule has 3 nitrogen and oxygen atoms in total. The minimum absolute atomic E-state index is 0.459. The number of carbonyl (C=O) groups excluding carboxylic acids is 1. The average Bonchev–Trinajstić information content (AvgIpc) is 2.17. The largest absolute Gasteiger partial charge is 0.425 e. The summed E-state index contributed by atoms with van der Waals surface area (Å²) in [5, 5.41) is 2.64. The third-order valence-corrected chi connectivity index (χ3v) is 2.34. The average molecular weight is 201 g/mol. The zero-order chi connectivity index (χ0) is 10.9. The molecular formula is C12H11NO2. The first-order valence-corrected chi connectivity index (χ1v) is 4.69. The topological polar surface area (TPSA) is 38.3 Å². The fraction of sp³-hybridized carbons (Fsp3) is 0.250. The minimum Gasteiger partial charge on any atom is -0.425 e. The molecular weight excluding hydrogens is 190 g/mol. The lowest BCUT2D eigenvalue weighted by atomic mass is 9.93. The van der Waals surface area contributed by atoms with Gasteiger partial charge in [0.05, 0.1) is 5.69 Å². The molecule has 1 aromatic rings. The van der Waals surface area contributed by atoms with Gasteiger partial charge in [-0.3, -0.25) is 5.32 Å². The van der Waals surface area contributed by atoms with E-state index < -0.39 is 11.7 Å². The van der Waals surface area contributed by atoms with E-state index in [2.05, 4.69) is 17.2 Å². The summed E-state index contributed by atoms with van der Waals surface area (Å²) in [5.41, 5.74) is 0.811. The van der Waals surface area contributed by atoms with Gasteiger partial charge in [-0.1, -0.05) is 24.1 Å². The predicted octanol–water partition coefficient (Wildman–Crippen LogP) is 2.49. The molecule has 1 atom stereocenters. The van der Waals surface area contributed by atoms with Crippen LogP contribution < -0.4 is 5.32 Å². The zero-order valence-electron chi connectivity index (χ0n) is 8.63. The van der Waals surface area contributed by atoms with Crippen molar-refractivity contribution in [3.8, 4) is 11.8 Å². The van der Waals surface area contributed by atoms with E-state index >= 15 is 0 Å². The predicted molar refractivity (Wildman–Crippen MR) is 57.3 cm³/mol. The van der Waals surface area contributed by atoms with Crippen molar-refractivity contribution < 1.29 is 9.53 Å². The summed E-state index contributed by atoms with van der Waals surface area (Å²) in [6.45, 7) is 3.52. The molecule has 0 fully saturated rings. The van der Waals surface area contributed by atoms with Crippen LogP contribution in [0.5, 0.6) is 0 Å². The van der Waals surface area contributed by atoms with Crippen molar-refractivity contribution >= 4 is 11.8 Å². The molecule has 1 aromatic carbocycles. The molecule has 1 N–H and O–H groups in total. The Balaban J connectivity index is 2.59. The highest BCUT2D eigenvalue weighted by atomic mass is 16.6. The summed E-state index contributed by atoms with van der Waals surface area (Å²) in [4.78, 5) is 11.3. The van der Waals surface area contributed by atoms with Crippen LogP contribution in [0.2, 0.25) is 0 Å². The van der Waals surface area contributed by atoms with Crippen molar-refractivity contribution in [1.29, 1.82) is 0 Å². The van der Waals surface area contributed by atoms with Gasteiger partial charge < -0.3 is 4.74 Å². The van der Waals surface area contributed by atoms with Crippen molar-refractivity contribution in [1.82, 2.24) is 0 Å². The van der Waals surface area contributed by atoms with Crippen molar-refractivity contribution in [3.63, 3.8) is 0 Å². The molecule has 0 saturated carbocycles. The first kappa shape index (κ1) is 9.60. The van der Waals surface area contributed by atoms with E-state index in [1.807, 2.05) is 24.3 Å². The summed E-state index contributed by atoms with van der Waals surface area (Å²) in [6.07, 6.45) is -0.459. The molecule has 1 unspecified atom stereocenters. The molecule has 2 rings (SSSR count). The first-order valence-electron chi connectivity index (χ1n) is 4.69. The molecule has 0 aliphatic carbocycles. The highest BCUT2D eigenvalue weighted by Crippen LogP contribution is 2.34. The molecule has 0 bridgehead atoms. The molecule has 0 spiro atoms. The maximum absolute atomic E-state index is 11.3. The van der Waals surface area contributed by atoms with Crippen LogP contribution in [0.25, 0.3) is 0 Å². The summed E-state index contributed by atoms with van der Waals surface area (Å²) < 4.78 is 5.22. The Morgan fingerprint density at radius 2 is 2.13 bits per heavy atom. The number of carbonyl (C=O) groups is 1. The maximum atomic E-state index is 11.3. The van der Waals surface area contributed by atoms with Gasteiger partial charge in [-0.15, -0.1) is 5.92 Å². The number of benzene rings is 1. The number of anilines is 1. The number of ether oxygens (including phenoxy) is 1. The van der Waals surface area contributed by atoms with Gasteiger partial charge in [-0.25, -0.2) is 4.79 Å². The van der Waals surface area contributed by atoms with Gasteiger partial charge in [0, 0.05) is 5.56 Å². The van der Waals surface area contributed by atoms with Crippen LogP contribution in [0, 0.1) is 11.8 Å². The van der Waals surface area contributed by atoms with E-state index in [1.54, 1.807) is 13.8 Å². The quantitative estimate of drug-likeness (QED) is 0.655. The van der Waals surface area contributed by atoms with Gasteiger partial charge in [-0.05, 0) is 19.9 Å². The Morgan fingerprint density at radius 1 is 1.40 bits per heavy atom. The van der Waals surface area contributed by atoms with E-state index in [1.165, 1.54) is 0 Å². The Hall–Kier alpha value is -1.95. The highest BCUT2D eigenvalue weighted by Gasteiger charge is 2.35. The second-order valence-electron chi connectivity index (χ2n) is 3.47. The number of rotatable bonds is 0. The number of hydrogen-bond donors (Lipinski definition) is 1. The Morgan fingerprint density at radius 3 is 2.87 bits per heavy atom. The minimum atomic E-state index is -0.840. The van der Waals surface area contributed by atoms with E-state index in [-0.39, 0.29) is 0 Å². The molecule has 76 valence electrons. The molecule has 0 radical (unpaired) electrons. The fourth-order valence-corrected chi connectivity index (χ4v) is 1.72. The molecule has 1 heterocycles. The van der Waals surface area contributed by atoms with Crippen LogP contribution in [0.4, 0.5) is 10.5 Å². The molecule has 0 aromatic heterocycles. The van der Waals surface area contributed by atoms with Crippen LogP contribution >= 0.6 is 0 Å². The van der Waals surface area contributed by atoms with Gasteiger partial charge in [0.15, 0.2) is 5.60 Å². The molecule has 1 aliphatic heterocycles. The number of para-hydroxylation sites is 1. The van der Waals surface area contributed by atoms with E-state index in [4.69, 9.17) is 4.74 Å². The number of amides is 1. The van der Waals surface area contributed by atoms with Gasteiger partial charge >= 0.3 is 6.09 Å². The van der Waals surface area contributed by atoms with Crippen LogP contribution in [0.3, 0.4) is 0 Å². The molecule has 1 aliphatic rings. The van der Waals surface area contributed by atoms with Crippen LogP contribution in [-0.4, -0.2) is 6.09 Å². The van der Waals surface area contributed by atoms with Gasteiger partial charge in [0.2, 0.25) is 0 Å². The lowest BCUT2D eigenvalue weighted by molar-refractivity contribution is 0.0715. The molecule has 1 amide bonds. The van der Waals surface area contributed by atoms with E-state index in [0.717, 1.165) is 11.3 Å². The smallest absolute Gasteiger partial charge is 0.413 e. The summed E-state index contributed by atoms with van der Waals surface area (Å²) in [6, 6.07) is 7.50. The second-order valence-corrected chi connectivity index (χ2v) is 3.47. The van der Waals surface area contributed by atoms with Gasteiger partial charge in [0.1, 0.15) is 0 Å². The third-order valence-electron chi connectivity index (χ3n) is 2.34. The third kappa shape index (κ3) is 1.55. The standard InChI is InChI=1S/C12H11NO2/c1-3-8-12(2)9-6-4-5-7-10(9)13-11(14)15-12/h4-7H,1-2H3,(H,13,14). The van der Waals surface area contributed by atoms with E-state index in [9.17, 15) is 4.79 Å². The lowest BCUT2D eigenvalue weighted by Crippen LogP contribution is -2.36. The summed E-state index contributed by atoms with van der Waals surface area (Å²) >= 11 is 0. The normalized spacial score (nSPS) is 22.9. The number of cyclic esters (lactones) is 1. The Labute approximate surface area is 88.4 Å². The van der Waals surface area contributed by atoms with Crippen LogP contribution in [0.15, 0.2) is 24.3 Å². The van der Waals surface area contributed by atoms with Crippen molar-refractivity contribution in [2.75, 3.05) is 5.32 Å². The number of hydrogen-bond acceptors (Lipinski definition) is 2. The monoisotopic (exact) mass is 201 g/mol. The van der Waals surface area contributed by atoms with Gasteiger partial charge in [-0.2, -0.15) is 0 Å². The summed E-state index contributed by atoms with van der Waals surface area (Å²) in [7, 11) is 0.